The Morgan fingerprint density at radius 3 is 2.55 bits per heavy atom. The summed E-state index contributed by atoms with van der Waals surface area (Å²) < 4.78 is 4.98. The lowest BCUT2D eigenvalue weighted by Gasteiger charge is -2.44. The molecule has 22 heavy (non-hydrogen) atoms. The summed E-state index contributed by atoms with van der Waals surface area (Å²) in [4.78, 5) is 27.1. The first kappa shape index (κ1) is 14.8. The van der Waals surface area contributed by atoms with Gasteiger partial charge in [-0.05, 0) is 17.5 Å². The Morgan fingerprint density at radius 2 is 1.91 bits per heavy atom. The third-order valence-electron chi connectivity index (χ3n) is 4.51. The van der Waals surface area contributed by atoms with Gasteiger partial charge in [0.25, 0.3) is 0 Å². The van der Waals surface area contributed by atoms with E-state index in [1.165, 1.54) is 18.2 Å². The summed E-state index contributed by atoms with van der Waals surface area (Å²) in [6.07, 6.45) is 0.0424. The minimum Gasteiger partial charge on any atom is -0.479 e. The van der Waals surface area contributed by atoms with Crippen molar-refractivity contribution in [2.45, 2.75) is 19.1 Å². The summed E-state index contributed by atoms with van der Waals surface area (Å²) in [5, 5.41) is 9.05. The Hall–Kier alpha value is -2.08. The Balaban J connectivity index is 1.57. The second-order valence-electron chi connectivity index (χ2n) is 5.88. The molecule has 0 radical (unpaired) electrons. The van der Waals surface area contributed by atoms with Gasteiger partial charge in [-0.3, -0.25) is 0 Å². The summed E-state index contributed by atoms with van der Waals surface area (Å²) in [6, 6.07) is 8.16. The standard InChI is InChI=1S/C16H20N2O4/c1-22-14(15(19)20)13-9-18(10-13)16(21)17-7-6-11-4-2-3-5-12(11)8-17/h2-5,13-14H,6-10H2,1H3,(H,19,20). The van der Waals surface area contributed by atoms with E-state index >= 15 is 0 Å². The Kier molecular flexibility index (Phi) is 4.02. The zero-order chi connectivity index (χ0) is 15.7. The number of rotatable bonds is 3. The number of aliphatic carboxylic acids is 1. The van der Waals surface area contributed by atoms with Crippen molar-refractivity contribution < 1.29 is 19.4 Å². The molecule has 2 heterocycles. The van der Waals surface area contributed by atoms with Gasteiger partial charge in [-0.25, -0.2) is 9.59 Å². The van der Waals surface area contributed by atoms with E-state index in [1.807, 2.05) is 17.0 Å². The number of urea groups is 1. The summed E-state index contributed by atoms with van der Waals surface area (Å²) >= 11 is 0. The smallest absolute Gasteiger partial charge is 0.333 e. The highest BCUT2D eigenvalue weighted by Gasteiger charge is 2.41. The largest absolute Gasteiger partial charge is 0.479 e. The number of amides is 2. The maximum Gasteiger partial charge on any atom is 0.333 e. The molecular formula is C16H20N2O4. The SMILES string of the molecule is COC(C(=O)O)C1CN(C(=O)N2CCc3ccccc3C2)C1. The molecule has 1 aromatic rings. The van der Waals surface area contributed by atoms with E-state index in [4.69, 9.17) is 9.84 Å². The molecule has 2 amide bonds. The number of benzene rings is 1. The van der Waals surface area contributed by atoms with Gasteiger partial charge in [0, 0.05) is 39.2 Å². The molecule has 1 saturated heterocycles. The molecule has 118 valence electrons. The molecule has 3 rings (SSSR count). The molecule has 1 N–H and O–H groups in total. The summed E-state index contributed by atoms with van der Waals surface area (Å²) in [5.41, 5.74) is 2.50. The van der Waals surface area contributed by atoms with Crippen LogP contribution in [0.1, 0.15) is 11.1 Å². The summed E-state index contributed by atoms with van der Waals surface area (Å²) in [6.45, 7) is 2.23. The molecule has 6 heteroatoms. The average Bonchev–Trinajstić information content (AvgIpc) is 2.48. The van der Waals surface area contributed by atoms with Crippen LogP contribution in [0.3, 0.4) is 0 Å². The van der Waals surface area contributed by atoms with Gasteiger partial charge < -0.3 is 19.6 Å². The van der Waals surface area contributed by atoms with Crippen LogP contribution in [0.4, 0.5) is 4.79 Å². The number of hydrogen-bond acceptors (Lipinski definition) is 3. The van der Waals surface area contributed by atoms with Crippen molar-refractivity contribution in [1.82, 2.24) is 9.80 Å². The van der Waals surface area contributed by atoms with Gasteiger partial charge in [0.15, 0.2) is 6.10 Å². The van der Waals surface area contributed by atoms with E-state index in [0.717, 1.165) is 6.42 Å². The fourth-order valence-electron chi connectivity index (χ4n) is 3.21. The number of ether oxygens (including phenoxy) is 1. The van der Waals surface area contributed by atoms with Crippen molar-refractivity contribution in [1.29, 1.82) is 0 Å². The first-order valence-corrected chi connectivity index (χ1v) is 7.46. The topological polar surface area (TPSA) is 70.1 Å². The van der Waals surface area contributed by atoms with Crippen molar-refractivity contribution in [3.05, 3.63) is 35.4 Å². The van der Waals surface area contributed by atoms with Crippen molar-refractivity contribution in [2.24, 2.45) is 5.92 Å². The molecule has 1 fully saturated rings. The van der Waals surface area contributed by atoms with E-state index in [1.54, 1.807) is 4.90 Å². The first-order valence-electron chi connectivity index (χ1n) is 7.46. The van der Waals surface area contributed by atoms with Crippen LogP contribution in [0, 0.1) is 5.92 Å². The van der Waals surface area contributed by atoms with E-state index in [2.05, 4.69) is 12.1 Å². The Labute approximate surface area is 129 Å². The molecule has 0 saturated carbocycles. The highest BCUT2D eigenvalue weighted by atomic mass is 16.5. The Bertz CT molecular complexity index is 583. The molecule has 0 aromatic heterocycles. The first-order chi connectivity index (χ1) is 10.6. The van der Waals surface area contributed by atoms with E-state index < -0.39 is 12.1 Å². The Morgan fingerprint density at radius 1 is 1.23 bits per heavy atom. The van der Waals surface area contributed by atoms with Gasteiger partial charge in [0.2, 0.25) is 0 Å². The van der Waals surface area contributed by atoms with Crippen LogP contribution in [0.5, 0.6) is 0 Å². The van der Waals surface area contributed by atoms with Gasteiger partial charge in [-0.2, -0.15) is 0 Å². The number of fused-ring (bicyclic) bond motifs is 1. The maximum atomic E-state index is 12.5. The van der Waals surface area contributed by atoms with E-state index in [0.29, 0.717) is 26.2 Å². The highest BCUT2D eigenvalue weighted by molar-refractivity contribution is 5.77. The number of likely N-dealkylation sites (tertiary alicyclic amines) is 1. The fourth-order valence-corrected chi connectivity index (χ4v) is 3.21. The monoisotopic (exact) mass is 304 g/mol. The second-order valence-corrected chi connectivity index (χ2v) is 5.88. The minimum absolute atomic E-state index is 0.00834. The lowest BCUT2D eigenvalue weighted by molar-refractivity contribution is -0.155. The van der Waals surface area contributed by atoms with Crippen molar-refractivity contribution in [2.75, 3.05) is 26.7 Å². The van der Waals surface area contributed by atoms with Crippen LogP contribution in [0.2, 0.25) is 0 Å². The second kappa shape index (κ2) is 5.96. The normalized spacial score (nSPS) is 19.3. The lowest BCUT2D eigenvalue weighted by atomic mass is 9.93. The maximum absolute atomic E-state index is 12.5. The number of carbonyl (C=O) groups is 2. The minimum atomic E-state index is -0.966. The highest BCUT2D eigenvalue weighted by Crippen LogP contribution is 2.25. The summed E-state index contributed by atoms with van der Waals surface area (Å²) in [7, 11) is 1.39. The zero-order valence-electron chi connectivity index (χ0n) is 12.6. The molecule has 2 aliphatic rings. The predicted octanol–water partition coefficient (Wildman–Crippen LogP) is 1.20. The zero-order valence-corrected chi connectivity index (χ0v) is 12.6. The molecule has 0 bridgehead atoms. The van der Waals surface area contributed by atoms with Crippen LogP contribution in [-0.2, 0) is 22.5 Å². The van der Waals surface area contributed by atoms with Crippen LogP contribution in [-0.4, -0.2) is 59.8 Å². The van der Waals surface area contributed by atoms with Crippen LogP contribution in [0.25, 0.3) is 0 Å². The van der Waals surface area contributed by atoms with Crippen LogP contribution in [0.15, 0.2) is 24.3 Å². The van der Waals surface area contributed by atoms with Crippen molar-refractivity contribution in [3.63, 3.8) is 0 Å². The molecule has 0 aliphatic carbocycles. The number of carboxylic acids is 1. The van der Waals surface area contributed by atoms with Gasteiger partial charge in [-0.15, -0.1) is 0 Å². The molecule has 2 aliphatic heterocycles. The van der Waals surface area contributed by atoms with Crippen molar-refractivity contribution >= 4 is 12.0 Å². The van der Waals surface area contributed by atoms with Gasteiger partial charge in [0.1, 0.15) is 0 Å². The van der Waals surface area contributed by atoms with Crippen molar-refractivity contribution in [3.8, 4) is 0 Å². The van der Waals surface area contributed by atoms with Crippen LogP contribution >= 0.6 is 0 Å². The fraction of sp³-hybridized carbons (Fsp3) is 0.500. The molecule has 1 aromatic carbocycles. The van der Waals surface area contributed by atoms with Crippen LogP contribution < -0.4 is 0 Å². The third-order valence-corrected chi connectivity index (χ3v) is 4.51. The average molecular weight is 304 g/mol. The predicted molar refractivity (Wildman–Crippen MR) is 79.4 cm³/mol. The van der Waals surface area contributed by atoms with Gasteiger partial charge >= 0.3 is 12.0 Å². The van der Waals surface area contributed by atoms with E-state index in [-0.39, 0.29) is 11.9 Å². The number of carboxylic acid groups (broad SMARTS) is 1. The quantitative estimate of drug-likeness (QED) is 0.911. The molecule has 6 nitrogen and oxygen atoms in total. The lowest BCUT2D eigenvalue weighted by Crippen LogP contribution is -2.59. The molecule has 1 unspecified atom stereocenters. The molecule has 1 atom stereocenters. The van der Waals surface area contributed by atoms with Gasteiger partial charge in [-0.1, -0.05) is 24.3 Å². The summed E-state index contributed by atoms with van der Waals surface area (Å²) in [5.74, 6) is -1.09. The van der Waals surface area contributed by atoms with E-state index in [9.17, 15) is 9.59 Å². The molecular weight excluding hydrogens is 284 g/mol. The number of carbonyl (C=O) groups excluding carboxylic acids is 1. The molecule has 0 spiro atoms. The number of hydrogen-bond donors (Lipinski definition) is 1. The number of methoxy groups -OCH3 is 1. The third kappa shape index (κ3) is 2.66. The number of nitrogens with zero attached hydrogens (tertiary/aromatic N) is 2. The van der Waals surface area contributed by atoms with Gasteiger partial charge in [0.05, 0.1) is 0 Å².